The number of halogens is 3. The van der Waals surface area contributed by atoms with Crippen molar-refractivity contribution in [3.63, 3.8) is 0 Å². The van der Waals surface area contributed by atoms with Gasteiger partial charge in [0, 0.05) is 25.2 Å². The fraction of sp³-hybridized carbons (Fsp3) is 0.545. The molecule has 9 heteroatoms. The molecule has 0 aromatic heterocycles. The number of rotatable bonds is 3. The number of carbonyl (C=O) groups is 2. The van der Waals surface area contributed by atoms with Crippen LogP contribution < -0.4 is 5.32 Å². The minimum atomic E-state index is -4.42. The van der Waals surface area contributed by atoms with Crippen LogP contribution in [0, 0.1) is 0 Å². The van der Waals surface area contributed by atoms with Crippen molar-refractivity contribution >= 4 is 23.8 Å². The van der Waals surface area contributed by atoms with Crippen LogP contribution in [-0.2, 0) is 28.7 Å². The molecule has 1 aromatic carbocycles. The number of thioether (sulfide) groups is 1. The Kier molecular flexibility index (Phi) is 6.37. The second kappa shape index (κ2) is 8.41. The van der Waals surface area contributed by atoms with Crippen molar-refractivity contribution in [1.82, 2.24) is 10.2 Å². The van der Waals surface area contributed by atoms with Gasteiger partial charge in [0.2, 0.25) is 5.91 Å². The molecule has 170 valence electrons. The van der Waals surface area contributed by atoms with Gasteiger partial charge in [-0.15, -0.1) is 11.8 Å². The average molecular weight is 457 g/mol. The van der Waals surface area contributed by atoms with E-state index in [-0.39, 0.29) is 12.5 Å². The van der Waals surface area contributed by atoms with Crippen molar-refractivity contribution < 1.29 is 27.5 Å². The monoisotopic (exact) mass is 456 g/mol. The Morgan fingerprint density at radius 3 is 2.52 bits per heavy atom. The van der Waals surface area contributed by atoms with Gasteiger partial charge in [0.15, 0.2) is 0 Å². The minimum absolute atomic E-state index is 0.125. The molecule has 3 rings (SSSR count). The molecule has 0 spiro atoms. The highest BCUT2D eigenvalue weighted by atomic mass is 32.2. The smallest absolute Gasteiger partial charge is 0.416 e. The van der Waals surface area contributed by atoms with Crippen molar-refractivity contribution in [1.29, 1.82) is 0 Å². The van der Waals surface area contributed by atoms with Crippen LogP contribution in [0.2, 0.25) is 0 Å². The first-order chi connectivity index (χ1) is 14.3. The molecule has 0 bridgehead atoms. The summed E-state index contributed by atoms with van der Waals surface area (Å²) in [6.45, 7) is 5.90. The third-order valence-corrected chi connectivity index (χ3v) is 6.70. The molecule has 1 unspecified atom stereocenters. The molecular weight excluding hydrogens is 429 g/mol. The van der Waals surface area contributed by atoms with Crippen molar-refractivity contribution in [2.75, 3.05) is 12.8 Å². The maximum Gasteiger partial charge on any atom is 0.416 e. The SMILES string of the molecule is CSC1(C(=O)N2CCc3ccc(C(F)(F)F)cc3C2)CC=C(NC(=O)OC(C)(C)C)C1. The summed E-state index contributed by atoms with van der Waals surface area (Å²) in [5.41, 5.74) is 0.655. The summed E-state index contributed by atoms with van der Waals surface area (Å²) in [4.78, 5) is 27.1. The highest BCUT2D eigenvalue weighted by Crippen LogP contribution is 2.42. The van der Waals surface area contributed by atoms with Crippen molar-refractivity contribution in [2.45, 2.75) is 63.1 Å². The standard InChI is InChI=1S/C22H27F3N2O3S/c1-20(2,3)30-19(29)26-17-7-9-21(12-17,31-4)18(28)27-10-8-14-5-6-16(22(23,24)25)11-15(14)13-27/h5-7,11H,8-10,12-13H2,1-4H3,(H,26,29). The van der Waals surface area contributed by atoms with Gasteiger partial charge in [-0.1, -0.05) is 12.1 Å². The summed E-state index contributed by atoms with van der Waals surface area (Å²) in [6.07, 6.45) is -0.0589. The van der Waals surface area contributed by atoms with E-state index >= 15 is 0 Å². The highest BCUT2D eigenvalue weighted by Gasteiger charge is 2.45. The third kappa shape index (κ3) is 5.37. The summed E-state index contributed by atoms with van der Waals surface area (Å²) in [5.74, 6) is -0.125. The number of hydrogen-bond acceptors (Lipinski definition) is 4. The summed E-state index contributed by atoms with van der Waals surface area (Å²) in [5, 5.41) is 2.71. The average Bonchev–Trinajstić information content (AvgIpc) is 3.08. The van der Waals surface area contributed by atoms with Gasteiger partial charge < -0.3 is 9.64 Å². The number of alkyl carbamates (subject to hydrolysis) is 1. The number of allylic oxidation sites excluding steroid dienone is 2. The van der Waals surface area contributed by atoms with E-state index in [1.807, 2.05) is 12.3 Å². The van der Waals surface area contributed by atoms with E-state index in [2.05, 4.69) is 5.32 Å². The molecule has 0 saturated heterocycles. The Labute approximate surface area is 184 Å². The van der Waals surface area contributed by atoms with Crippen LogP contribution in [0.15, 0.2) is 30.0 Å². The molecule has 0 fully saturated rings. The lowest BCUT2D eigenvalue weighted by molar-refractivity contribution is -0.137. The van der Waals surface area contributed by atoms with E-state index in [0.717, 1.165) is 17.7 Å². The van der Waals surface area contributed by atoms with Gasteiger partial charge in [-0.25, -0.2) is 4.79 Å². The first-order valence-corrected chi connectivity index (χ1v) is 11.3. The van der Waals surface area contributed by atoms with Gasteiger partial charge in [0.25, 0.3) is 0 Å². The van der Waals surface area contributed by atoms with Crippen molar-refractivity contribution in [3.8, 4) is 0 Å². The molecule has 0 saturated carbocycles. The predicted molar refractivity (Wildman–Crippen MR) is 113 cm³/mol. The zero-order valence-electron chi connectivity index (χ0n) is 18.1. The Morgan fingerprint density at radius 1 is 1.19 bits per heavy atom. The zero-order valence-corrected chi connectivity index (χ0v) is 18.9. The largest absolute Gasteiger partial charge is 0.444 e. The number of hydrogen-bond donors (Lipinski definition) is 1. The fourth-order valence-corrected chi connectivity index (χ4v) is 4.72. The first kappa shape index (κ1) is 23.5. The van der Waals surface area contributed by atoms with E-state index in [9.17, 15) is 22.8 Å². The number of carbonyl (C=O) groups excluding carboxylic acids is 2. The fourth-order valence-electron chi connectivity index (χ4n) is 3.87. The Balaban J connectivity index is 1.70. The molecule has 2 aliphatic rings. The molecule has 2 amide bonds. The lowest BCUT2D eigenvalue weighted by Crippen LogP contribution is -2.48. The Morgan fingerprint density at radius 2 is 1.90 bits per heavy atom. The van der Waals surface area contributed by atoms with Crippen LogP contribution in [0.3, 0.4) is 0 Å². The maximum atomic E-state index is 13.4. The third-order valence-electron chi connectivity index (χ3n) is 5.43. The molecule has 31 heavy (non-hydrogen) atoms. The molecule has 1 aliphatic carbocycles. The number of ether oxygens (including phenoxy) is 1. The van der Waals surface area contributed by atoms with Crippen LogP contribution in [0.1, 0.15) is 50.3 Å². The quantitative estimate of drug-likeness (QED) is 0.703. The lowest BCUT2D eigenvalue weighted by Gasteiger charge is -2.36. The summed E-state index contributed by atoms with van der Waals surface area (Å²) < 4.78 is 43.8. The van der Waals surface area contributed by atoms with Gasteiger partial charge in [-0.3, -0.25) is 10.1 Å². The number of fused-ring (bicyclic) bond motifs is 1. The summed E-state index contributed by atoms with van der Waals surface area (Å²) in [6, 6.07) is 3.74. The van der Waals surface area contributed by atoms with E-state index < -0.39 is 28.2 Å². The number of benzene rings is 1. The zero-order chi connectivity index (χ0) is 23.0. The van der Waals surface area contributed by atoms with Crippen LogP contribution in [0.4, 0.5) is 18.0 Å². The summed E-state index contributed by atoms with van der Waals surface area (Å²) >= 11 is 1.40. The van der Waals surface area contributed by atoms with E-state index in [1.54, 1.807) is 25.7 Å². The van der Waals surface area contributed by atoms with E-state index in [0.29, 0.717) is 37.1 Å². The second-order valence-corrected chi connectivity index (χ2v) is 10.1. The first-order valence-electron chi connectivity index (χ1n) is 10.1. The number of alkyl halides is 3. The summed E-state index contributed by atoms with van der Waals surface area (Å²) in [7, 11) is 0. The van der Waals surface area contributed by atoms with Crippen molar-refractivity contribution in [2.24, 2.45) is 0 Å². The topological polar surface area (TPSA) is 58.6 Å². The highest BCUT2D eigenvalue weighted by molar-refractivity contribution is 8.00. The number of nitrogens with one attached hydrogen (secondary N) is 1. The molecule has 0 radical (unpaired) electrons. The van der Waals surface area contributed by atoms with Crippen molar-refractivity contribution in [3.05, 3.63) is 46.7 Å². The second-order valence-electron chi connectivity index (χ2n) is 8.89. The minimum Gasteiger partial charge on any atom is -0.444 e. The lowest BCUT2D eigenvalue weighted by atomic mass is 9.95. The normalized spacial score (nSPS) is 21.4. The van der Waals surface area contributed by atoms with Crippen LogP contribution in [-0.4, -0.2) is 40.0 Å². The molecule has 1 aromatic rings. The number of nitrogens with zero attached hydrogens (tertiary/aromatic N) is 1. The Hall–Kier alpha value is -2.16. The van der Waals surface area contributed by atoms with E-state index in [1.165, 1.54) is 17.8 Å². The Bertz CT molecular complexity index is 908. The molecular formula is C22H27F3N2O3S. The molecule has 1 aliphatic heterocycles. The van der Waals surface area contributed by atoms with Gasteiger partial charge in [-0.2, -0.15) is 13.2 Å². The van der Waals surface area contributed by atoms with Crippen LogP contribution in [0.5, 0.6) is 0 Å². The van der Waals surface area contributed by atoms with Crippen LogP contribution in [0.25, 0.3) is 0 Å². The molecule has 1 heterocycles. The van der Waals surface area contributed by atoms with Gasteiger partial charge in [0.05, 0.1) is 5.56 Å². The van der Waals surface area contributed by atoms with Crippen LogP contribution >= 0.6 is 11.8 Å². The maximum absolute atomic E-state index is 13.4. The van der Waals surface area contributed by atoms with Gasteiger partial charge in [-0.05, 0) is 63.1 Å². The van der Waals surface area contributed by atoms with Gasteiger partial charge in [0.1, 0.15) is 10.3 Å². The molecule has 1 N–H and O–H groups in total. The van der Waals surface area contributed by atoms with E-state index in [4.69, 9.17) is 4.74 Å². The molecule has 5 nitrogen and oxygen atoms in total. The van der Waals surface area contributed by atoms with Gasteiger partial charge >= 0.3 is 12.3 Å². The molecule has 1 atom stereocenters. The predicted octanol–water partition coefficient (Wildman–Crippen LogP) is 4.89. The number of amides is 2.